The number of anilines is 1. The number of benzene rings is 1. The Morgan fingerprint density at radius 2 is 2.04 bits per heavy atom. The molecule has 2 heterocycles. The highest BCUT2D eigenvalue weighted by Crippen LogP contribution is 2.13. The van der Waals surface area contributed by atoms with Crippen LogP contribution < -0.4 is 5.32 Å². The van der Waals surface area contributed by atoms with Gasteiger partial charge in [-0.15, -0.1) is 0 Å². The van der Waals surface area contributed by atoms with Gasteiger partial charge in [0.2, 0.25) is 5.91 Å². The van der Waals surface area contributed by atoms with Crippen LogP contribution in [0.25, 0.3) is 5.69 Å². The van der Waals surface area contributed by atoms with Crippen LogP contribution in [-0.2, 0) is 11.2 Å². The van der Waals surface area contributed by atoms with Gasteiger partial charge in [-0.05, 0) is 23.8 Å². The highest BCUT2D eigenvalue weighted by Gasteiger charge is 2.10. The summed E-state index contributed by atoms with van der Waals surface area (Å²) in [6, 6.07) is 11.2. The van der Waals surface area contributed by atoms with Gasteiger partial charge in [-0.2, -0.15) is 5.10 Å². The second-order valence-corrected chi connectivity index (χ2v) is 5.19. The highest BCUT2D eigenvalue weighted by atomic mass is 35.5. The Hall–Kier alpha value is -2.73. The minimum atomic E-state index is -0.402. The zero-order valence-electron chi connectivity index (χ0n) is 11.9. The average Bonchev–Trinajstić information content (AvgIpc) is 2.98. The van der Waals surface area contributed by atoms with Crippen molar-refractivity contribution in [3.8, 4) is 5.69 Å². The Bertz CT molecular complexity index is 832. The second kappa shape index (κ2) is 6.58. The molecule has 0 aliphatic heterocycles. The Kier molecular flexibility index (Phi) is 4.34. The Labute approximate surface area is 136 Å². The van der Waals surface area contributed by atoms with Crippen molar-refractivity contribution in [2.24, 2.45) is 0 Å². The lowest BCUT2D eigenvalue weighted by Crippen LogP contribution is -2.15. The topological polar surface area (TPSA) is 59.8 Å². The molecule has 1 aromatic carbocycles. The summed E-state index contributed by atoms with van der Waals surface area (Å²) in [4.78, 5) is 15.9. The number of rotatable bonds is 4. The SMILES string of the molecule is O=C(Cc1ccccc1F)Nc1ccn(-c2ccc(Cl)nc2)n1. The first-order valence-corrected chi connectivity index (χ1v) is 7.20. The number of amides is 1. The summed E-state index contributed by atoms with van der Waals surface area (Å²) in [5.41, 5.74) is 1.05. The van der Waals surface area contributed by atoms with Crippen molar-refractivity contribution in [2.75, 3.05) is 5.32 Å². The lowest BCUT2D eigenvalue weighted by molar-refractivity contribution is -0.115. The van der Waals surface area contributed by atoms with Crippen LogP contribution in [0.4, 0.5) is 10.2 Å². The fourth-order valence-corrected chi connectivity index (χ4v) is 2.15. The summed E-state index contributed by atoms with van der Waals surface area (Å²) in [5, 5.41) is 7.25. The van der Waals surface area contributed by atoms with Gasteiger partial charge in [-0.25, -0.2) is 14.1 Å². The van der Waals surface area contributed by atoms with Crippen LogP contribution in [-0.4, -0.2) is 20.7 Å². The van der Waals surface area contributed by atoms with E-state index in [-0.39, 0.29) is 12.3 Å². The van der Waals surface area contributed by atoms with Gasteiger partial charge < -0.3 is 5.32 Å². The second-order valence-electron chi connectivity index (χ2n) is 4.80. The molecule has 3 aromatic rings. The molecular formula is C16H12ClFN4O. The van der Waals surface area contributed by atoms with Gasteiger partial charge in [0, 0.05) is 12.3 Å². The molecule has 1 N–H and O–H groups in total. The zero-order chi connectivity index (χ0) is 16.2. The van der Waals surface area contributed by atoms with E-state index in [1.807, 2.05) is 0 Å². The molecule has 0 aliphatic carbocycles. The largest absolute Gasteiger partial charge is 0.309 e. The molecule has 3 rings (SSSR count). The summed E-state index contributed by atoms with van der Waals surface area (Å²) in [6.07, 6.45) is 3.20. The predicted molar refractivity (Wildman–Crippen MR) is 85.1 cm³/mol. The summed E-state index contributed by atoms with van der Waals surface area (Å²) < 4.78 is 15.1. The van der Waals surface area contributed by atoms with Gasteiger partial charge in [0.15, 0.2) is 5.82 Å². The molecule has 1 amide bonds. The van der Waals surface area contributed by atoms with E-state index in [2.05, 4.69) is 15.4 Å². The number of carbonyl (C=O) groups excluding carboxylic acids is 1. The first-order valence-electron chi connectivity index (χ1n) is 6.83. The first kappa shape index (κ1) is 15.2. The van der Waals surface area contributed by atoms with Gasteiger partial charge in [-0.1, -0.05) is 29.8 Å². The molecule has 0 aliphatic rings. The molecular weight excluding hydrogens is 319 g/mol. The van der Waals surface area contributed by atoms with Crippen LogP contribution in [0.2, 0.25) is 5.15 Å². The van der Waals surface area contributed by atoms with Gasteiger partial charge in [0.05, 0.1) is 18.3 Å². The monoisotopic (exact) mass is 330 g/mol. The van der Waals surface area contributed by atoms with Crippen molar-refractivity contribution < 1.29 is 9.18 Å². The summed E-state index contributed by atoms with van der Waals surface area (Å²) in [7, 11) is 0. The maximum atomic E-state index is 13.5. The van der Waals surface area contributed by atoms with Crippen LogP contribution >= 0.6 is 11.6 Å². The number of hydrogen-bond donors (Lipinski definition) is 1. The van der Waals surface area contributed by atoms with E-state index < -0.39 is 5.82 Å². The standard InChI is InChI=1S/C16H12ClFN4O/c17-14-6-5-12(10-19-14)22-8-7-15(21-22)20-16(23)9-11-3-1-2-4-13(11)18/h1-8,10H,9H2,(H,20,21,23). The Balaban J connectivity index is 1.68. The third-order valence-electron chi connectivity index (χ3n) is 3.14. The average molecular weight is 331 g/mol. The Morgan fingerprint density at radius 1 is 1.22 bits per heavy atom. The quantitative estimate of drug-likeness (QED) is 0.747. The normalized spacial score (nSPS) is 10.5. The number of nitrogens with one attached hydrogen (secondary N) is 1. The van der Waals surface area contributed by atoms with Crippen molar-refractivity contribution in [3.63, 3.8) is 0 Å². The van der Waals surface area contributed by atoms with Crippen LogP contribution in [0, 0.1) is 5.82 Å². The molecule has 2 aromatic heterocycles. The molecule has 5 nitrogen and oxygen atoms in total. The molecule has 0 radical (unpaired) electrons. The molecule has 23 heavy (non-hydrogen) atoms. The number of carbonyl (C=O) groups is 1. The lowest BCUT2D eigenvalue weighted by Gasteiger charge is -2.04. The maximum absolute atomic E-state index is 13.5. The van der Waals surface area contributed by atoms with Crippen molar-refractivity contribution in [1.82, 2.24) is 14.8 Å². The smallest absolute Gasteiger partial charge is 0.230 e. The molecule has 0 unspecified atom stereocenters. The van der Waals surface area contributed by atoms with E-state index >= 15 is 0 Å². The van der Waals surface area contributed by atoms with Crippen LogP contribution in [0.5, 0.6) is 0 Å². The molecule has 0 bridgehead atoms. The third kappa shape index (κ3) is 3.73. The third-order valence-corrected chi connectivity index (χ3v) is 3.37. The van der Waals surface area contributed by atoms with E-state index in [1.165, 1.54) is 6.07 Å². The fourth-order valence-electron chi connectivity index (χ4n) is 2.04. The number of hydrogen-bond acceptors (Lipinski definition) is 3. The summed E-state index contributed by atoms with van der Waals surface area (Å²) in [6.45, 7) is 0. The van der Waals surface area contributed by atoms with E-state index in [4.69, 9.17) is 11.6 Å². The summed E-state index contributed by atoms with van der Waals surface area (Å²) in [5.74, 6) is -0.365. The number of aromatic nitrogens is 3. The minimum Gasteiger partial charge on any atom is -0.309 e. The molecule has 7 heteroatoms. The maximum Gasteiger partial charge on any atom is 0.230 e. The Morgan fingerprint density at radius 3 is 2.78 bits per heavy atom. The van der Waals surface area contributed by atoms with Gasteiger partial charge >= 0.3 is 0 Å². The molecule has 116 valence electrons. The molecule has 0 spiro atoms. The first-order chi connectivity index (χ1) is 11.1. The molecule has 0 atom stereocenters. The van der Waals surface area contributed by atoms with E-state index in [9.17, 15) is 9.18 Å². The number of nitrogens with zero attached hydrogens (tertiary/aromatic N) is 3. The number of halogens is 2. The van der Waals surface area contributed by atoms with Crippen molar-refractivity contribution >= 4 is 23.3 Å². The summed E-state index contributed by atoms with van der Waals surface area (Å²) >= 11 is 5.73. The fraction of sp³-hybridized carbons (Fsp3) is 0.0625. The van der Waals surface area contributed by atoms with E-state index in [0.717, 1.165) is 0 Å². The van der Waals surface area contributed by atoms with E-state index in [0.29, 0.717) is 22.2 Å². The minimum absolute atomic E-state index is 0.0535. The van der Waals surface area contributed by atoms with Gasteiger partial charge in [0.1, 0.15) is 11.0 Å². The van der Waals surface area contributed by atoms with Crippen molar-refractivity contribution in [1.29, 1.82) is 0 Å². The van der Waals surface area contributed by atoms with Crippen LogP contribution in [0.15, 0.2) is 54.9 Å². The zero-order valence-corrected chi connectivity index (χ0v) is 12.7. The highest BCUT2D eigenvalue weighted by molar-refractivity contribution is 6.29. The van der Waals surface area contributed by atoms with Gasteiger partial charge in [-0.3, -0.25) is 4.79 Å². The van der Waals surface area contributed by atoms with Crippen molar-refractivity contribution in [2.45, 2.75) is 6.42 Å². The molecule has 0 saturated carbocycles. The molecule has 0 saturated heterocycles. The van der Waals surface area contributed by atoms with Crippen molar-refractivity contribution in [3.05, 3.63) is 71.4 Å². The molecule has 0 fully saturated rings. The van der Waals surface area contributed by atoms with Crippen LogP contribution in [0.3, 0.4) is 0 Å². The van der Waals surface area contributed by atoms with E-state index in [1.54, 1.807) is 53.5 Å². The number of pyridine rings is 1. The van der Waals surface area contributed by atoms with Gasteiger partial charge in [0.25, 0.3) is 0 Å². The van der Waals surface area contributed by atoms with Crippen LogP contribution in [0.1, 0.15) is 5.56 Å². The predicted octanol–water partition coefficient (Wildman–Crippen LogP) is 3.24. The lowest BCUT2D eigenvalue weighted by atomic mass is 10.1.